The molecule has 1 aromatic heterocycles. The van der Waals surface area contributed by atoms with Gasteiger partial charge < -0.3 is 14.5 Å². The number of ether oxygens (including phenoxy) is 2. The molecule has 5 nitrogen and oxygen atoms in total. The highest BCUT2D eigenvalue weighted by Gasteiger charge is 2.24. The van der Waals surface area contributed by atoms with Gasteiger partial charge in [-0.3, -0.25) is 4.79 Å². The standard InChI is InChI=1S/C14H19NO4/c1-8-6-9(2)15-13(16)12(8)14(17)18-7-11-5-4-10(3)19-11/h6,10-11H,4-5,7H2,1-3H3,(H,15,16). The van der Waals surface area contributed by atoms with Gasteiger partial charge in [0.05, 0.1) is 12.2 Å². The molecule has 2 rings (SSSR count). The molecule has 2 unspecified atom stereocenters. The van der Waals surface area contributed by atoms with Gasteiger partial charge in [0.1, 0.15) is 12.2 Å². The predicted molar refractivity (Wildman–Crippen MR) is 70.4 cm³/mol. The van der Waals surface area contributed by atoms with Crippen molar-refractivity contribution in [3.63, 3.8) is 0 Å². The quantitative estimate of drug-likeness (QED) is 0.845. The van der Waals surface area contributed by atoms with Crippen molar-refractivity contribution in [2.75, 3.05) is 6.61 Å². The van der Waals surface area contributed by atoms with Crippen molar-refractivity contribution in [1.29, 1.82) is 0 Å². The summed E-state index contributed by atoms with van der Waals surface area (Å²) in [6.07, 6.45) is 2.03. The number of aromatic nitrogens is 1. The number of rotatable bonds is 3. The largest absolute Gasteiger partial charge is 0.459 e. The second-order valence-corrected chi connectivity index (χ2v) is 5.08. The molecular weight excluding hydrogens is 246 g/mol. The Morgan fingerprint density at radius 2 is 2.21 bits per heavy atom. The van der Waals surface area contributed by atoms with Gasteiger partial charge in [0.15, 0.2) is 0 Å². The monoisotopic (exact) mass is 265 g/mol. The van der Waals surface area contributed by atoms with Crippen molar-refractivity contribution in [2.45, 2.75) is 45.8 Å². The van der Waals surface area contributed by atoms with Crippen LogP contribution in [-0.4, -0.2) is 29.8 Å². The number of aryl methyl sites for hydroxylation is 2. The first-order chi connectivity index (χ1) is 8.97. The second kappa shape index (κ2) is 5.57. The Hall–Kier alpha value is -1.62. The topological polar surface area (TPSA) is 68.4 Å². The van der Waals surface area contributed by atoms with Crippen LogP contribution in [0.3, 0.4) is 0 Å². The van der Waals surface area contributed by atoms with Gasteiger partial charge in [-0.1, -0.05) is 0 Å². The van der Waals surface area contributed by atoms with Crippen molar-refractivity contribution in [3.05, 3.63) is 33.2 Å². The first-order valence-corrected chi connectivity index (χ1v) is 6.50. The van der Waals surface area contributed by atoms with Gasteiger partial charge in [-0.05, 0) is 45.2 Å². The summed E-state index contributed by atoms with van der Waals surface area (Å²) in [4.78, 5) is 26.3. The van der Waals surface area contributed by atoms with Crippen molar-refractivity contribution < 1.29 is 14.3 Å². The van der Waals surface area contributed by atoms with Crippen LogP contribution >= 0.6 is 0 Å². The van der Waals surface area contributed by atoms with Crippen LogP contribution in [0.1, 0.15) is 41.4 Å². The van der Waals surface area contributed by atoms with Gasteiger partial charge >= 0.3 is 5.97 Å². The predicted octanol–water partition coefficient (Wildman–Crippen LogP) is 1.72. The maximum atomic E-state index is 11.9. The zero-order valence-corrected chi connectivity index (χ0v) is 11.5. The minimum Gasteiger partial charge on any atom is -0.459 e. The summed E-state index contributed by atoms with van der Waals surface area (Å²) in [5, 5.41) is 0. The lowest BCUT2D eigenvalue weighted by Crippen LogP contribution is -2.25. The Morgan fingerprint density at radius 1 is 1.47 bits per heavy atom. The molecule has 2 atom stereocenters. The minimum atomic E-state index is -0.582. The van der Waals surface area contributed by atoms with Crippen molar-refractivity contribution in [2.24, 2.45) is 0 Å². The van der Waals surface area contributed by atoms with Crippen LogP contribution in [-0.2, 0) is 9.47 Å². The number of carbonyl (C=O) groups is 1. The van der Waals surface area contributed by atoms with E-state index in [4.69, 9.17) is 9.47 Å². The van der Waals surface area contributed by atoms with Crippen molar-refractivity contribution in [1.82, 2.24) is 4.98 Å². The van der Waals surface area contributed by atoms with E-state index < -0.39 is 11.5 Å². The van der Waals surface area contributed by atoms with Gasteiger partial charge in [0.25, 0.3) is 5.56 Å². The summed E-state index contributed by atoms with van der Waals surface area (Å²) in [5.74, 6) is -0.582. The van der Waals surface area contributed by atoms with E-state index in [1.165, 1.54) is 0 Å². The Kier molecular flexibility index (Phi) is 4.04. The molecule has 1 aliphatic heterocycles. The molecule has 0 aromatic carbocycles. The van der Waals surface area contributed by atoms with Crippen LogP contribution in [0.4, 0.5) is 0 Å². The first kappa shape index (κ1) is 13.8. The van der Waals surface area contributed by atoms with E-state index >= 15 is 0 Å². The maximum absolute atomic E-state index is 11.9. The molecule has 0 amide bonds. The molecule has 1 aliphatic rings. The Balaban J connectivity index is 2.02. The number of hydrogen-bond donors (Lipinski definition) is 1. The lowest BCUT2D eigenvalue weighted by Gasteiger charge is -2.12. The average Bonchev–Trinajstić information content (AvgIpc) is 2.71. The van der Waals surface area contributed by atoms with Crippen LogP contribution in [0.2, 0.25) is 0 Å². The van der Waals surface area contributed by atoms with Gasteiger partial charge in [-0.25, -0.2) is 4.79 Å². The summed E-state index contributed by atoms with van der Waals surface area (Å²) in [7, 11) is 0. The molecule has 0 saturated carbocycles. The van der Waals surface area contributed by atoms with Crippen molar-refractivity contribution >= 4 is 5.97 Å². The second-order valence-electron chi connectivity index (χ2n) is 5.08. The highest BCUT2D eigenvalue weighted by atomic mass is 16.6. The molecule has 1 fully saturated rings. The van der Waals surface area contributed by atoms with Gasteiger partial charge in [-0.2, -0.15) is 0 Å². The van der Waals surface area contributed by atoms with Gasteiger partial charge in [0, 0.05) is 5.69 Å². The first-order valence-electron chi connectivity index (χ1n) is 6.50. The molecule has 2 heterocycles. The van der Waals surface area contributed by atoms with E-state index in [0.29, 0.717) is 5.56 Å². The molecule has 1 aromatic rings. The van der Waals surface area contributed by atoms with E-state index in [2.05, 4.69) is 4.98 Å². The van der Waals surface area contributed by atoms with E-state index in [-0.39, 0.29) is 24.4 Å². The molecule has 1 N–H and O–H groups in total. The van der Waals surface area contributed by atoms with Crippen LogP contribution in [0.25, 0.3) is 0 Å². The third kappa shape index (κ3) is 3.23. The maximum Gasteiger partial charge on any atom is 0.344 e. The van der Waals surface area contributed by atoms with Crippen LogP contribution < -0.4 is 5.56 Å². The summed E-state index contributed by atoms with van der Waals surface area (Å²) in [6.45, 7) is 5.71. The number of carbonyl (C=O) groups excluding carboxylic acids is 1. The van der Waals surface area contributed by atoms with Crippen LogP contribution in [0.15, 0.2) is 10.9 Å². The zero-order valence-electron chi connectivity index (χ0n) is 11.5. The van der Waals surface area contributed by atoms with E-state index in [9.17, 15) is 9.59 Å². The molecule has 19 heavy (non-hydrogen) atoms. The number of hydrogen-bond acceptors (Lipinski definition) is 4. The Morgan fingerprint density at radius 3 is 2.79 bits per heavy atom. The molecular formula is C14H19NO4. The highest BCUT2D eigenvalue weighted by Crippen LogP contribution is 2.19. The summed E-state index contributed by atoms with van der Waals surface area (Å²) in [6, 6.07) is 1.76. The number of esters is 1. The number of nitrogens with one attached hydrogen (secondary N) is 1. The van der Waals surface area contributed by atoms with E-state index in [1.54, 1.807) is 19.9 Å². The molecule has 0 spiro atoms. The fourth-order valence-corrected chi connectivity index (χ4v) is 2.36. The smallest absolute Gasteiger partial charge is 0.344 e. The van der Waals surface area contributed by atoms with E-state index in [1.807, 2.05) is 6.92 Å². The van der Waals surface area contributed by atoms with Crippen molar-refractivity contribution in [3.8, 4) is 0 Å². The molecule has 0 bridgehead atoms. The zero-order chi connectivity index (χ0) is 14.0. The van der Waals surface area contributed by atoms with Gasteiger partial charge in [0.2, 0.25) is 0 Å². The SMILES string of the molecule is Cc1cc(C)c(C(=O)OCC2CCC(C)O2)c(=O)[nH]1. The average molecular weight is 265 g/mol. The molecule has 1 saturated heterocycles. The molecule has 0 aliphatic carbocycles. The highest BCUT2D eigenvalue weighted by molar-refractivity contribution is 5.90. The Bertz CT molecular complexity index is 535. The number of H-pyrrole nitrogens is 1. The lowest BCUT2D eigenvalue weighted by atomic mass is 10.1. The normalized spacial score (nSPS) is 22.5. The fourth-order valence-electron chi connectivity index (χ4n) is 2.36. The lowest BCUT2D eigenvalue weighted by molar-refractivity contribution is -0.00281. The molecule has 104 valence electrons. The van der Waals surface area contributed by atoms with Gasteiger partial charge in [-0.15, -0.1) is 0 Å². The third-order valence-corrected chi connectivity index (χ3v) is 3.29. The Labute approximate surface area is 111 Å². The molecule has 0 radical (unpaired) electrons. The number of pyridine rings is 1. The van der Waals surface area contributed by atoms with Crippen LogP contribution in [0.5, 0.6) is 0 Å². The minimum absolute atomic E-state index is 0.0520. The summed E-state index contributed by atoms with van der Waals surface area (Å²) < 4.78 is 10.7. The van der Waals surface area contributed by atoms with Crippen LogP contribution in [0, 0.1) is 13.8 Å². The molecule has 5 heteroatoms. The summed E-state index contributed by atoms with van der Waals surface area (Å²) in [5.41, 5.74) is 1.04. The number of aromatic amines is 1. The summed E-state index contributed by atoms with van der Waals surface area (Å²) >= 11 is 0. The third-order valence-electron chi connectivity index (χ3n) is 3.29. The fraction of sp³-hybridized carbons (Fsp3) is 0.571. The van der Waals surface area contributed by atoms with E-state index in [0.717, 1.165) is 18.5 Å².